The van der Waals surface area contributed by atoms with E-state index in [2.05, 4.69) is 156 Å². The molecule has 0 bridgehead atoms. The number of fused-ring (bicyclic) bond motifs is 15. The van der Waals surface area contributed by atoms with E-state index in [0.717, 1.165) is 87.4 Å². The van der Waals surface area contributed by atoms with Gasteiger partial charge >= 0.3 is 0 Å². The van der Waals surface area contributed by atoms with Gasteiger partial charge in [-0.1, -0.05) is 133 Å². The normalized spacial score (nSPS) is 12.2. The summed E-state index contributed by atoms with van der Waals surface area (Å²) < 4.78 is 8.61. The zero-order chi connectivity index (χ0) is 33.9. The van der Waals surface area contributed by atoms with Crippen molar-refractivity contribution in [3.05, 3.63) is 164 Å². The van der Waals surface area contributed by atoms with Crippen LogP contribution in [0.25, 0.3) is 115 Å². The summed E-state index contributed by atoms with van der Waals surface area (Å²) >= 11 is 0. The molecule has 0 atom stereocenters. The fraction of sp³-hybridized carbons (Fsp3) is 0. The third kappa shape index (κ3) is 3.70. The van der Waals surface area contributed by atoms with Gasteiger partial charge in [-0.15, -0.1) is 0 Å². The molecule has 0 spiro atoms. The van der Waals surface area contributed by atoms with E-state index in [-0.39, 0.29) is 0 Å². The summed E-state index contributed by atoms with van der Waals surface area (Å²) in [5.41, 5.74) is 6.85. The van der Waals surface area contributed by atoms with Crippen LogP contribution in [0.3, 0.4) is 0 Å². The molecule has 12 aromatic rings. The van der Waals surface area contributed by atoms with Crippen molar-refractivity contribution >= 4 is 97.7 Å². The molecule has 12 rings (SSSR count). The number of hydrogen-bond donors (Lipinski definition) is 0. The summed E-state index contributed by atoms with van der Waals surface area (Å²) in [5, 5.41) is 14.9. The van der Waals surface area contributed by atoms with Gasteiger partial charge in [0.2, 0.25) is 5.95 Å². The second-order valence-corrected chi connectivity index (χ2v) is 13.7. The first-order valence-corrected chi connectivity index (χ1v) is 17.7. The zero-order valence-corrected chi connectivity index (χ0v) is 27.8. The molecule has 0 amide bonds. The van der Waals surface area contributed by atoms with E-state index in [4.69, 9.17) is 14.4 Å². The predicted octanol–water partition coefficient (Wildman–Crippen LogP) is 12.9. The van der Waals surface area contributed by atoms with Gasteiger partial charge in [0.25, 0.3) is 0 Å². The van der Waals surface area contributed by atoms with E-state index in [1.165, 1.54) is 21.5 Å². The van der Waals surface area contributed by atoms with Crippen LogP contribution < -0.4 is 0 Å². The molecule has 0 saturated heterocycles. The average Bonchev–Trinajstić information content (AvgIpc) is 3.75. The molecule has 3 aromatic heterocycles. The van der Waals surface area contributed by atoms with Crippen LogP contribution in [0.15, 0.2) is 168 Å². The van der Waals surface area contributed by atoms with Crippen molar-refractivity contribution in [1.29, 1.82) is 0 Å². The second-order valence-electron chi connectivity index (χ2n) is 13.7. The Morgan fingerprint density at radius 2 is 1.06 bits per heavy atom. The smallest absolute Gasteiger partial charge is 0.235 e. The minimum Gasteiger partial charge on any atom is -0.456 e. The molecular formula is C48H27N3O. The monoisotopic (exact) mass is 661 g/mol. The largest absolute Gasteiger partial charge is 0.456 e. The Kier molecular flexibility index (Phi) is 5.47. The van der Waals surface area contributed by atoms with Crippen LogP contribution >= 0.6 is 0 Å². The molecule has 0 aliphatic carbocycles. The average molecular weight is 662 g/mol. The van der Waals surface area contributed by atoms with Crippen molar-refractivity contribution in [2.75, 3.05) is 0 Å². The topological polar surface area (TPSA) is 43.9 Å². The zero-order valence-electron chi connectivity index (χ0n) is 27.8. The lowest BCUT2D eigenvalue weighted by atomic mass is 9.93. The SMILES string of the molecule is c1ccc2c(-c3nc(-n4c5ccccc5c5cc6ccc7oc8ccccc8c7c6cc54)nc4c5ccccc5c5ccccc5c34)cccc2c1. The first-order valence-electron chi connectivity index (χ1n) is 17.7. The van der Waals surface area contributed by atoms with Crippen molar-refractivity contribution in [3.8, 4) is 17.2 Å². The lowest BCUT2D eigenvalue weighted by molar-refractivity contribution is 0.669. The molecule has 52 heavy (non-hydrogen) atoms. The molecule has 0 aliphatic rings. The highest BCUT2D eigenvalue weighted by Crippen LogP contribution is 2.43. The molecule has 0 fully saturated rings. The number of nitrogens with zero attached hydrogens (tertiary/aromatic N) is 3. The summed E-state index contributed by atoms with van der Waals surface area (Å²) in [4.78, 5) is 11.2. The number of hydrogen-bond acceptors (Lipinski definition) is 3. The summed E-state index contributed by atoms with van der Waals surface area (Å²) in [7, 11) is 0. The summed E-state index contributed by atoms with van der Waals surface area (Å²) in [5.74, 6) is 0.644. The summed E-state index contributed by atoms with van der Waals surface area (Å²) in [6.07, 6.45) is 0. The molecule has 3 heterocycles. The van der Waals surface area contributed by atoms with Gasteiger partial charge in [-0.3, -0.25) is 4.57 Å². The highest BCUT2D eigenvalue weighted by Gasteiger charge is 2.22. The van der Waals surface area contributed by atoms with Gasteiger partial charge in [-0.25, -0.2) is 9.97 Å². The first-order chi connectivity index (χ1) is 25.8. The lowest BCUT2D eigenvalue weighted by Crippen LogP contribution is -2.04. The van der Waals surface area contributed by atoms with Crippen LogP contribution in [0.4, 0.5) is 0 Å². The van der Waals surface area contributed by atoms with E-state index >= 15 is 0 Å². The second kappa shape index (κ2) is 10.3. The van der Waals surface area contributed by atoms with Gasteiger partial charge in [0.15, 0.2) is 0 Å². The van der Waals surface area contributed by atoms with Crippen LogP contribution in [0.5, 0.6) is 0 Å². The predicted molar refractivity (Wildman–Crippen MR) is 217 cm³/mol. The highest BCUT2D eigenvalue weighted by atomic mass is 16.3. The maximum absolute atomic E-state index is 6.34. The maximum atomic E-state index is 6.34. The Bertz CT molecular complexity index is 3470. The van der Waals surface area contributed by atoms with E-state index in [1.807, 2.05) is 12.1 Å². The van der Waals surface area contributed by atoms with Crippen molar-refractivity contribution in [2.45, 2.75) is 0 Å². The van der Waals surface area contributed by atoms with Crippen molar-refractivity contribution in [3.63, 3.8) is 0 Å². The molecule has 0 saturated carbocycles. The molecule has 4 heteroatoms. The van der Waals surface area contributed by atoms with E-state index in [1.54, 1.807) is 0 Å². The van der Waals surface area contributed by atoms with E-state index in [9.17, 15) is 0 Å². The Balaban J connectivity index is 1.29. The van der Waals surface area contributed by atoms with Crippen molar-refractivity contribution in [2.24, 2.45) is 0 Å². The summed E-state index contributed by atoms with van der Waals surface area (Å²) in [6, 6.07) is 58.3. The Hall–Kier alpha value is -7.04. The van der Waals surface area contributed by atoms with Gasteiger partial charge in [0.1, 0.15) is 11.2 Å². The van der Waals surface area contributed by atoms with Crippen LogP contribution in [-0.2, 0) is 0 Å². The van der Waals surface area contributed by atoms with Crippen molar-refractivity contribution < 1.29 is 4.42 Å². The number of benzene rings is 9. The molecule has 0 radical (unpaired) electrons. The number of para-hydroxylation sites is 2. The van der Waals surface area contributed by atoms with Gasteiger partial charge in [0, 0.05) is 37.9 Å². The van der Waals surface area contributed by atoms with Crippen molar-refractivity contribution in [1.82, 2.24) is 14.5 Å². The molecule has 9 aromatic carbocycles. The van der Waals surface area contributed by atoms with Crippen LogP contribution in [-0.4, -0.2) is 14.5 Å². The van der Waals surface area contributed by atoms with Crippen LogP contribution in [0.2, 0.25) is 0 Å². The molecular weight excluding hydrogens is 635 g/mol. The minimum atomic E-state index is 0.644. The first kappa shape index (κ1) is 27.7. The standard InChI is InChI=1S/C48H27N3O/c1-2-14-30-28(12-1)13-11-21-35(30)46-45-34-18-5-3-15-31(34)32-16-4-6-19-36(32)47(45)50-48(49-46)51-40-22-9-7-17-33(40)39-26-29-24-25-43-44(38(29)27-41(39)51)37-20-8-10-23-42(37)52-43/h1-27H. The molecule has 240 valence electrons. The minimum absolute atomic E-state index is 0.644. The van der Waals surface area contributed by atoms with Gasteiger partial charge in [0.05, 0.1) is 22.2 Å². The fourth-order valence-corrected chi connectivity index (χ4v) is 8.71. The quantitative estimate of drug-likeness (QED) is 0.173. The number of rotatable bonds is 2. The van der Waals surface area contributed by atoms with Crippen LogP contribution in [0, 0.1) is 0 Å². The third-order valence-electron chi connectivity index (χ3n) is 11.0. The summed E-state index contributed by atoms with van der Waals surface area (Å²) in [6.45, 7) is 0. The molecule has 4 nitrogen and oxygen atoms in total. The van der Waals surface area contributed by atoms with Gasteiger partial charge < -0.3 is 4.42 Å². The third-order valence-corrected chi connectivity index (χ3v) is 11.0. The Morgan fingerprint density at radius 1 is 0.385 bits per heavy atom. The highest BCUT2D eigenvalue weighted by molar-refractivity contribution is 6.28. The fourth-order valence-electron chi connectivity index (χ4n) is 8.71. The van der Waals surface area contributed by atoms with E-state index in [0.29, 0.717) is 5.95 Å². The number of aromatic nitrogens is 3. The Labute approximate surface area is 296 Å². The van der Waals surface area contributed by atoms with Gasteiger partial charge in [-0.05, 0) is 68.0 Å². The molecule has 0 N–H and O–H groups in total. The molecule has 0 aliphatic heterocycles. The van der Waals surface area contributed by atoms with Crippen LogP contribution in [0.1, 0.15) is 0 Å². The Morgan fingerprint density at radius 3 is 1.92 bits per heavy atom. The maximum Gasteiger partial charge on any atom is 0.235 e. The van der Waals surface area contributed by atoms with Gasteiger partial charge in [-0.2, -0.15) is 0 Å². The molecule has 0 unspecified atom stereocenters. The lowest BCUT2D eigenvalue weighted by Gasteiger charge is -2.17. The number of furan rings is 1. The van der Waals surface area contributed by atoms with E-state index < -0.39 is 0 Å².